The van der Waals surface area contributed by atoms with Crippen LogP contribution in [0.2, 0.25) is 0 Å². The topological polar surface area (TPSA) is 96.7 Å². The highest BCUT2D eigenvalue weighted by molar-refractivity contribution is 7.80. The van der Waals surface area contributed by atoms with Crippen LogP contribution in [-0.2, 0) is 16.0 Å². The molecule has 0 fully saturated rings. The van der Waals surface area contributed by atoms with Crippen molar-refractivity contribution in [1.82, 2.24) is 35.3 Å². The minimum atomic E-state index is -0.184. The van der Waals surface area contributed by atoms with E-state index in [4.69, 9.17) is 17.0 Å². The summed E-state index contributed by atoms with van der Waals surface area (Å²) in [6.45, 7) is 5.08. The van der Waals surface area contributed by atoms with Gasteiger partial charge in [-0.25, -0.2) is 9.50 Å². The van der Waals surface area contributed by atoms with E-state index in [0.717, 1.165) is 23.4 Å². The van der Waals surface area contributed by atoms with Gasteiger partial charge in [-0.05, 0) is 32.5 Å². The summed E-state index contributed by atoms with van der Waals surface area (Å²) in [4.78, 5) is 20.8. The zero-order valence-corrected chi connectivity index (χ0v) is 15.7. The number of carbonyl (C=O) groups excluding carboxylic acids is 1. The summed E-state index contributed by atoms with van der Waals surface area (Å²) in [5.74, 6) is 0.341. The highest BCUT2D eigenvalue weighted by atomic mass is 32.1. The second-order valence-electron chi connectivity index (χ2n) is 5.58. The molecule has 0 spiro atoms. The SMILES string of the molecule is COCCCNC(=S)N(C)NC(=O)Cc1c(C)nc2ncnn2c1C. The monoisotopic (exact) mass is 365 g/mol. The number of aryl methyl sites for hydroxylation is 2. The van der Waals surface area contributed by atoms with Crippen LogP contribution in [0.1, 0.15) is 23.4 Å². The van der Waals surface area contributed by atoms with Crippen LogP contribution in [0.15, 0.2) is 6.33 Å². The van der Waals surface area contributed by atoms with Gasteiger partial charge in [-0.1, -0.05) is 0 Å². The summed E-state index contributed by atoms with van der Waals surface area (Å²) in [7, 11) is 3.35. The summed E-state index contributed by atoms with van der Waals surface area (Å²) in [5.41, 5.74) is 5.18. The molecule has 0 aliphatic heterocycles. The van der Waals surface area contributed by atoms with Gasteiger partial charge in [-0.15, -0.1) is 0 Å². The number of nitrogens with one attached hydrogen (secondary N) is 2. The van der Waals surface area contributed by atoms with E-state index >= 15 is 0 Å². The molecule has 0 unspecified atom stereocenters. The van der Waals surface area contributed by atoms with Crippen molar-refractivity contribution in [2.24, 2.45) is 0 Å². The molecule has 136 valence electrons. The molecular formula is C15H23N7O2S. The molecule has 0 saturated heterocycles. The quantitative estimate of drug-likeness (QED) is 0.424. The van der Waals surface area contributed by atoms with Gasteiger partial charge >= 0.3 is 0 Å². The molecular weight excluding hydrogens is 342 g/mol. The van der Waals surface area contributed by atoms with Crippen molar-refractivity contribution in [3.05, 3.63) is 23.3 Å². The molecule has 0 radical (unpaired) electrons. The number of thiocarbonyl (C=S) groups is 1. The molecule has 0 atom stereocenters. The molecule has 0 bridgehead atoms. The van der Waals surface area contributed by atoms with E-state index in [-0.39, 0.29) is 12.3 Å². The molecule has 2 N–H and O–H groups in total. The first-order valence-corrected chi connectivity index (χ1v) is 8.30. The van der Waals surface area contributed by atoms with E-state index in [1.54, 1.807) is 18.7 Å². The summed E-state index contributed by atoms with van der Waals surface area (Å²) < 4.78 is 6.60. The normalized spacial score (nSPS) is 10.7. The molecule has 0 aliphatic rings. The van der Waals surface area contributed by atoms with E-state index < -0.39 is 0 Å². The third kappa shape index (κ3) is 4.83. The molecule has 0 aliphatic carbocycles. The fourth-order valence-electron chi connectivity index (χ4n) is 2.38. The molecule has 25 heavy (non-hydrogen) atoms. The summed E-state index contributed by atoms with van der Waals surface area (Å²) >= 11 is 5.24. The lowest BCUT2D eigenvalue weighted by atomic mass is 10.1. The average Bonchev–Trinajstić information content (AvgIpc) is 3.03. The zero-order valence-electron chi connectivity index (χ0n) is 14.9. The van der Waals surface area contributed by atoms with E-state index in [9.17, 15) is 4.79 Å². The van der Waals surface area contributed by atoms with Crippen molar-refractivity contribution in [2.45, 2.75) is 26.7 Å². The minimum absolute atomic E-state index is 0.178. The molecule has 10 heteroatoms. The maximum absolute atomic E-state index is 12.3. The standard InChI is InChI=1S/C15H23N7O2S/c1-10-12(11(2)22-14(19-10)17-9-18-22)8-13(23)20-21(3)15(25)16-6-5-7-24-4/h9H,5-8H2,1-4H3,(H,16,25)(H,20,23). The van der Waals surface area contributed by atoms with Gasteiger partial charge in [0.25, 0.3) is 5.78 Å². The molecule has 2 rings (SSSR count). The van der Waals surface area contributed by atoms with Crippen molar-refractivity contribution in [3.8, 4) is 0 Å². The summed E-state index contributed by atoms with van der Waals surface area (Å²) in [6.07, 6.45) is 2.46. The number of ether oxygens (including phenoxy) is 1. The van der Waals surface area contributed by atoms with Crippen molar-refractivity contribution in [2.75, 3.05) is 27.3 Å². The summed E-state index contributed by atoms with van der Waals surface area (Å²) in [5, 5.41) is 9.13. The Kier molecular flexibility index (Phi) is 6.59. The second kappa shape index (κ2) is 8.67. The smallest absolute Gasteiger partial charge is 0.252 e. The average molecular weight is 365 g/mol. The Morgan fingerprint density at radius 2 is 2.20 bits per heavy atom. The Morgan fingerprint density at radius 1 is 1.44 bits per heavy atom. The van der Waals surface area contributed by atoms with Crippen LogP contribution in [0.4, 0.5) is 0 Å². The predicted molar refractivity (Wildman–Crippen MR) is 97.0 cm³/mol. The van der Waals surface area contributed by atoms with Gasteiger partial charge in [0.1, 0.15) is 6.33 Å². The number of hydrogen-bond donors (Lipinski definition) is 2. The number of methoxy groups -OCH3 is 1. The van der Waals surface area contributed by atoms with Crippen LogP contribution < -0.4 is 10.7 Å². The maximum Gasteiger partial charge on any atom is 0.252 e. The van der Waals surface area contributed by atoms with Crippen molar-refractivity contribution < 1.29 is 9.53 Å². The van der Waals surface area contributed by atoms with Crippen LogP contribution in [0, 0.1) is 13.8 Å². The molecule has 0 aromatic carbocycles. The van der Waals surface area contributed by atoms with E-state index in [1.165, 1.54) is 11.3 Å². The van der Waals surface area contributed by atoms with Crippen LogP contribution in [0.3, 0.4) is 0 Å². The third-order valence-electron chi connectivity index (χ3n) is 3.72. The van der Waals surface area contributed by atoms with Gasteiger partial charge in [0.2, 0.25) is 5.91 Å². The lowest BCUT2D eigenvalue weighted by molar-refractivity contribution is -0.123. The number of hydrazine groups is 1. The van der Waals surface area contributed by atoms with Crippen LogP contribution in [0.5, 0.6) is 0 Å². The largest absolute Gasteiger partial charge is 0.385 e. The highest BCUT2D eigenvalue weighted by Crippen LogP contribution is 2.13. The number of rotatable bonds is 6. The Hall–Kier alpha value is -2.33. The van der Waals surface area contributed by atoms with Gasteiger partial charge in [-0.2, -0.15) is 10.1 Å². The Bertz CT molecular complexity index is 762. The number of carbonyl (C=O) groups is 1. The Morgan fingerprint density at radius 3 is 2.92 bits per heavy atom. The molecule has 2 heterocycles. The Balaban J connectivity index is 1.95. The van der Waals surface area contributed by atoms with Crippen LogP contribution in [0.25, 0.3) is 5.78 Å². The predicted octanol–water partition coefficient (Wildman–Crippen LogP) is 0.158. The molecule has 9 nitrogen and oxygen atoms in total. The minimum Gasteiger partial charge on any atom is -0.385 e. The first-order valence-electron chi connectivity index (χ1n) is 7.89. The van der Waals surface area contributed by atoms with Crippen LogP contribution in [-0.4, -0.2) is 62.9 Å². The maximum atomic E-state index is 12.3. The van der Waals surface area contributed by atoms with Crippen molar-refractivity contribution >= 4 is 29.0 Å². The number of hydrogen-bond acceptors (Lipinski definition) is 6. The molecule has 0 saturated carbocycles. The van der Waals surface area contributed by atoms with Crippen LogP contribution >= 0.6 is 12.2 Å². The molecule has 2 aromatic heterocycles. The number of nitrogens with zero attached hydrogens (tertiary/aromatic N) is 5. The number of amides is 1. The fraction of sp³-hybridized carbons (Fsp3) is 0.533. The fourth-order valence-corrected chi connectivity index (χ4v) is 2.53. The Labute approximate surface area is 151 Å². The lowest BCUT2D eigenvalue weighted by Crippen LogP contribution is -2.48. The van der Waals surface area contributed by atoms with Gasteiger partial charge in [0, 0.05) is 44.3 Å². The van der Waals surface area contributed by atoms with Gasteiger partial charge < -0.3 is 10.1 Å². The van der Waals surface area contributed by atoms with Gasteiger partial charge in [0.05, 0.1) is 6.42 Å². The van der Waals surface area contributed by atoms with Crippen molar-refractivity contribution in [3.63, 3.8) is 0 Å². The number of fused-ring (bicyclic) bond motifs is 1. The summed E-state index contributed by atoms with van der Waals surface area (Å²) in [6, 6.07) is 0. The highest BCUT2D eigenvalue weighted by Gasteiger charge is 2.16. The van der Waals surface area contributed by atoms with E-state index in [1.807, 2.05) is 13.8 Å². The van der Waals surface area contributed by atoms with E-state index in [0.29, 0.717) is 24.0 Å². The molecule has 1 amide bonds. The lowest BCUT2D eigenvalue weighted by Gasteiger charge is -2.22. The first kappa shape index (κ1) is 19.0. The van der Waals surface area contributed by atoms with Gasteiger partial charge in [0.15, 0.2) is 5.11 Å². The molecule has 2 aromatic rings. The van der Waals surface area contributed by atoms with Crippen molar-refractivity contribution in [1.29, 1.82) is 0 Å². The second-order valence-corrected chi connectivity index (χ2v) is 5.97. The van der Waals surface area contributed by atoms with Gasteiger partial charge in [-0.3, -0.25) is 15.2 Å². The van der Waals surface area contributed by atoms with E-state index in [2.05, 4.69) is 25.8 Å². The number of aromatic nitrogens is 4. The third-order valence-corrected chi connectivity index (χ3v) is 4.14. The first-order chi connectivity index (χ1) is 11.9. The zero-order chi connectivity index (χ0) is 18.4.